The fourth-order valence-corrected chi connectivity index (χ4v) is 3.44. The number of likely N-dealkylation sites (tertiary alicyclic amines) is 1. The van der Waals surface area contributed by atoms with Crippen LogP contribution in [0.2, 0.25) is 0 Å². The molecule has 0 aromatic heterocycles. The SMILES string of the molecule is CC1CC(NC(=O)OC(C)(C)C)C(C)N(Cc2ccccc2)C1C. The predicted octanol–water partition coefficient (Wildman–Crippen LogP) is 4.20. The summed E-state index contributed by atoms with van der Waals surface area (Å²) >= 11 is 0. The number of rotatable bonds is 3. The average molecular weight is 332 g/mol. The van der Waals surface area contributed by atoms with E-state index in [0.717, 1.165) is 13.0 Å². The van der Waals surface area contributed by atoms with Crippen molar-refractivity contribution in [1.29, 1.82) is 0 Å². The first-order valence-electron chi connectivity index (χ1n) is 8.96. The van der Waals surface area contributed by atoms with Crippen LogP contribution in [0, 0.1) is 5.92 Å². The van der Waals surface area contributed by atoms with Gasteiger partial charge in [0.2, 0.25) is 0 Å². The summed E-state index contributed by atoms with van der Waals surface area (Å²) in [5.74, 6) is 0.518. The van der Waals surface area contributed by atoms with E-state index in [4.69, 9.17) is 4.74 Å². The Bertz CT molecular complexity index is 538. The van der Waals surface area contributed by atoms with Crippen LogP contribution in [0.5, 0.6) is 0 Å². The van der Waals surface area contributed by atoms with Crippen LogP contribution < -0.4 is 5.32 Å². The summed E-state index contributed by atoms with van der Waals surface area (Å²) in [5, 5.41) is 3.09. The molecule has 0 bridgehead atoms. The number of carbonyl (C=O) groups excluding carboxylic acids is 1. The van der Waals surface area contributed by atoms with Crippen LogP contribution in [0.3, 0.4) is 0 Å². The largest absolute Gasteiger partial charge is 0.444 e. The van der Waals surface area contributed by atoms with Crippen molar-refractivity contribution < 1.29 is 9.53 Å². The van der Waals surface area contributed by atoms with Crippen molar-refractivity contribution in [1.82, 2.24) is 10.2 Å². The van der Waals surface area contributed by atoms with Crippen molar-refractivity contribution in [3.05, 3.63) is 35.9 Å². The third kappa shape index (κ3) is 4.97. The Balaban J connectivity index is 2.07. The van der Waals surface area contributed by atoms with E-state index in [1.54, 1.807) is 0 Å². The molecule has 1 fully saturated rings. The Morgan fingerprint density at radius 2 is 1.79 bits per heavy atom. The number of hydrogen-bond donors (Lipinski definition) is 1. The number of benzene rings is 1. The molecule has 1 aliphatic rings. The summed E-state index contributed by atoms with van der Waals surface area (Å²) in [5.41, 5.74) is 0.839. The molecule has 0 aliphatic carbocycles. The Labute approximate surface area is 146 Å². The first kappa shape index (κ1) is 18.8. The summed E-state index contributed by atoms with van der Waals surface area (Å²) < 4.78 is 5.44. The van der Waals surface area contributed by atoms with Gasteiger partial charge in [-0.25, -0.2) is 4.79 Å². The molecule has 134 valence electrons. The Hall–Kier alpha value is -1.55. The zero-order chi connectivity index (χ0) is 17.9. The average Bonchev–Trinajstić information content (AvgIpc) is 2.48. The van der Waals surface area contributed by atoms with Crippen LogP contribution in [0.25, 0.3) is 0 Å². The molecular weight excluding hydrogens is 300 g/mol. The van der Waals surface area contributed by atoms with Gasteiger partial charge in [-0.2, -0.15) is 0 Å². The minimum Gasteiger partial charge on any atom is -0.444 e. The normalized spacial score (nSPS) is 28.4. The molecule has 24 heavy (non-hydrogen) atoms. The van der Waals surface area contributed by atoms with Crippen LogP contribution in [0.15, 0.2) is 30.3 Å². The van der Waals surface area contributed by atoms with E-state index in [-0.39, 0.29) is 18.2 Å². The number of ether oxygens (including phenoxy) is 1. The Morgan fingerprint density at radius 3 is 2.38 bits per heavy atom. The number of amides is 1. The van der Waals surface area contributed by atoms with Crippen LogP contribution >= 0.6 is 0 Å². The van der Waals surface area contributed by atoms with Gasteiger partial charge in [-0.15, -0.1) is 0 Å². The number of carbonyl (C=O) groups is 1. The number of nitrogens with zero attached hydrogens (tertiary/aromatic N) is 1. The first-order valence-corrected chi connectivity index (χ1v) is 8.96. The zero-order valence-corrected chi connectivity index (χ0v) is 15.9. The molecule has 4 atom stereocenters. The van der Waals surface area contributed by atoms with E-state index >= 15 is 0 Å². The summed E-state index contributed by atoms with van der Waals surface area (Å²) in [7, 11) is 0. The fourth-order valence-electron chi connectivity index (χ4n) is 3.44. The van der Waals surface area contributed by atoms with E-state index in [9.17, 15) is 4.79 Å². The molecule has 0 saturated carbocycles. The lowest BCUT2D eigenvalue weighted by molar-refractivity contribution is 0.0161. The van der Waals surface area contributed by atoms with E-state index < -0.39 is 5.60 Å². The maximum absolute atomic E-state index is 12.2. The van der Waals surface area contributed by atoms with Crippen molar-refractivity contribution in [2.75, 3.05) is 0 Å². The van der Waals surface area contributed by atoms with Gasteiger partial charge >= 0.3 is 6.09 Å². The topological polar surface area (TPSA) is 41.6 Å². The summed E-state index contributed by atoms with van der Waals surface area (Å²) in [4.78, 5) is 14.7. The van der Waals surface area contributed by atoms with Crippen molar-refractivity contribution in [2.45, 2.75) is 78.2 Å². The molecule has 1 aliphatic heterocycles. The van der Waals surface area contributed by atoms with Crippen molar-refractivity contribution in [3.63, 3.8) is 0 Å². The number of piperidine rings is 1. The molecule has 0 spiro atoms. The minimum atomic E-state index is -0.468. The molecule has 1 saturated heterocycles. The quantitative estimate of drug-likeness (QED) is 0.902. The van der Waals surface area contributed by atoms with E-state index in [1.165, 1.54) is 5.56 Å². The van der Waals surface area contributed by atoms with Gasteiger partial charge in [0.15, 0.2) is 0 Å². The van der Waals surface area contributed by atoms with Gasteiger partial charge in [-0.05, 0) is 52.5 Å². The van der Waals surface area contributed by atoms with Crippen LogP contribution in [-0.4, -0.2) is 34.7 Å². The van der Waals surface area contributed by atoms with Gasteiger partial charge in [-0.3, -0.25) is 4.90 Å². The van der Waals surface area contributed by atoms with Crippen LogP contribution in [0.4, 0.5) is 4.79 Å². The molecule has 4 heteroatoms. The zero-order valence-electron chi connectivity index (χ0n) is 15.9. The molecule has 4 nitrogen and oxygen atoms in total. The molecule has 0 radical (unpaired) electrons. The Kier molecular flexibility index (Phi) is 5.92. The van der Waals surface area contributed by atoms with Gasteiger partial charge < -0.3 is 10.1 Å². The highest BCUT2D eigenvalue weighted by Gasteiger charge is 2.37. The van der Waals surface area contributed by atoms with Crippen LogP contribution in [-0.2, 0) is 11.3 Å². The number of nitrogens with one attached hydrogen (secondary N) is 1. The maximum atomic E-state index is 12.2. The van der Waals surface area contributed by atoms with Gasteiger partial charge in [0.05, 0.1) is 0 Å². The van der Waals surface area contributed by atoms with Gasteiger partial charge in [0.1, 0.15) is 5.60 Å². The van der Waals surface area contributed by atoms with Gasteiger partial charge in [0, 0.05) is 24.7 Å². The van der Waals surface area contributed by atoms with Gasteiger partial charge in [0.25, 0.3) is 0 Å². The molecule has 2 rings (SSSR count). The third-order valence-electron chi connectivity index (χ3n) is 4.99. The molecule has 1 heterocycles. The highest BCUT2D eigenvalue weighted by molar-refractivity contribution is 5.68. The summed E-state index contributed by atoms with van der Waals surface area (Å²) in [6.07, 6.45) is 0.660. The number of alkyl carbamates (subject to hydrolysis) is 1. The van der Waals surface area contributed by atoms with E-state index in [0.29, 0.717) is 12.0 Å². The smallest absolute Gasteiger partial charge is 0.407 e. The second-order valence-electron chi connectivity index (χ2n) is 8.10. The van der Waals surface area contributed by atoms with E-state index in [2.05, 4.69) is 55.3 Å². The fraction of sp³-hybridized carbons (Fsp3) is 0.650. The highest BCUT2D eigenvalue weighted by atomic mass is 16.6. The monoisotopic (exact) mass is 332 g/mol. The molecule has 1 aromatic rings. The molecular formula is C20H32N2O2. The predicted molar refractivity (Wildman–Crippen MR) is 97.8 cm³/mol. The second-order valence-corrected chi connectivity index (χ2v) is 8.10. The lowest BCUT2D eigenvalue weighted by atomic mass is 9.84. The highest BCUT2D eigenvalue weighted by Crippen LogP contribution is 2.29. The molecule has 1 amide bonds. The van der Waals surface area contributed by atoms with E-state index in [1.807, 2.05) is 26.8 Å². The lowest BCUT2D eigenvalue weighted by Crippen LogP contribution is -2.59. The lowest BCUT2D eigenvalue weighted by Gasteiger charge is -2.47. The number of hydrogen-bond acceptors (Lipinski definition) is 3. The summed E-state index contributed by atoms with van der Waals surface area (Å²) in [6, 6.07) is 11.4. The standard InChI is InChI=1S/C20H32N2O2/c1-14-12-18(21-19(23)24-20(4,5)6)16(3)22(15(14)2)13-17-10-8-7-9-11-17/h7-11,14-16,18H,12-13H2,1-6H3,(H,21,23). The Morgan fingerprint density at radius 1 is 1.17 bits per heavy atom. The second kappa shape index (κ2) is 7.56. The summed E-state index contributed by atoms with van der Waals surface area (Å²) in [6.45, 7) is 13.3. The molecule has 1 aromatic carbocycles. The van der Waals surface area contributed by atoms with Crippen molar-refractivity contribution >= 4 is 6.09 Å². The maximum Gasteiger partial charge on any atom is 0.407 e. The third-order valence-corrected chi connectivity index (χ3v) is 4.99. The van der Waals surface area contributed by atoms with Crippen molar-refractivity contribution in [2.24, 2.45) is 5.92 Å². The van der Waals surface area contributed by atoms with Gasteiger partial charge in [-0.1, -0.05) is 37.3 Å². The molecule has 1 N–H and O–H groups in total. The first-order chi connectivity index (χ1) is 11.2. The minimum absolute atomic E-state index is 0.106. The van der Waals surface area contributed by atoms with Crippen LogP contribution in [0.1, 0.15) is 53.5 Å². The van der Waals surface area contributed by atoms with Crippen molar-refractivity contribution in [3.8, 4) is 0 Å². The molecule has 4 unspecified atom stereocenters.